The molecule has 1 saturated carbocycles. The van der Waals surface area contributed by atoms with E-state index in [1.165, 1.54) is 64.3 Å². The monoisotopic (exact) mass is 259 g/mol. The van der Waals surface area contributed by atoms with Gasteiger partial charge < -0.3 is 5.32 Å². The van der Waals surface area contributed by atoms with Crippen molar-refractivity contribution in [2.75, 3.05) is 12.4 Å². The van der Waals surface area contributed by atoms with Crippen LogP contribution in [0, 0.1) is 5.92 Å². The zero-order valence-corrected chi connectivity index (χ0v) is 12.5. The second-order valence-corrected chi connectivity index (χ2v) is 6.04. The van der Waals surface area contributed by atoms with E-state index in [-0.39, 0.29) is 5.54 Å². The summed E-state index contributed by atoms with van der Waals surface area (Å²) in [4.78, 5) is 0. The SMILES string of the molecule is CCCCC(CC)CNC1(CCl)CCCCC1. The van der Waals surface area contributed by atoms with Gasteiger partial charge in [0.15, 0.2) is 0 Å². The molecular weight excluding hydrogens is 230 g/mol. The Balaban J connectivity index is 2.34. The van der Waals surface area contributed by atoms with Crippen molar-refractivity contribution in [2.24, 2.45) is 5.92 Å². The molecule has 1 unspecified atom stereocenters. The molecule has 2 heteroatoms. The fourth-order valence-corrected chi connectivity index (χ4v) is 3.25. The van der Waals surface area contributed by atoms with Crippen LogP contribution >= 0.6 is 11.6 Å². The molecule has 0 aromatic carbocycles. The van der Waals surface area contributed by atoms with E-state index in [0.29, 0.717) is 0 Å². The van der Waals surface area contributed by atoms with Gasteiger partial charge in [-0.1, -0.05) is 52.4 Å². The predicted molar refractivity (Wildman–Crippen MR) is 77.8 cm³/mol. The van der Waals surface area contributed by atoms with Crippen LogP contribution in [0.15, 0.2) is 0 Å². The predicted octanol–water partition coefficient (Wildman–Crippen LogP) is 4.73. The van der Waals surface area contributed by atoms with E-state index in [1.807, 2.05) is 0 Å². The summed E-state index contributed by atoms with van der Waals surface area (Å²) in [7, 11) is 0. The summed E-state index contributed by atoms with van der Waals surface area (Å²) >= 11 is 6.21. The van der Waals surface area contributed by atoms with Crippen molar-refractivity contribution in [1.82, 2.24) is 5.32 Å². The molecule has 1 aliphatic rings. The Labute approximate surface area is 113 Å². The van der Waals surface area contributed by atoms with Crippen LogP contribution in [0.1, 0.15) is 71.6 Å². The van der Waals surface area contributed by atoms with E-state index in [1.54, 1.807) is 0 Å². The molecule has 0 spiro atoms. The average molecular weight is 260 g/mol. The summed E-state index contributed by atoms with van der Waals surface area (Å²) in [6.07, 6.45) is 12.0. The molecule has 0 heterocycles. The summed E-state index contributed by atoms with van der Waals surface area (Å²) in [5, 5.41) is 3.81. The Hall–Kier alpha value is 0.250. The first-order chi connectivity index (χ1) is 8.26. The Kier molecular flexibility index (Phi) is 7.54. The summed E-state index contributed by atoms with van der Waals surface area (Å²) in [5.41, 5.74) is 0.263. The van der Waals surface area contributed by atoms with Gasteiger partial charge in [-0.25, -0.2) is 0 Å². The van der Waals surface area contributed by atoms with E-state index in [2.05, 4.69) is 19.2 Å². The highest BCUT2D eigenvalue weighted by Crippen LogP contribution is 2.29. The van der Waals surface area contributed by atoms with Crippen molar-refractivity contribution in [3.05, 3.63) is 0 Å². The lowest BCUT2D eigenvalue weighted by atomic mass is 9.82. The molecule has 1 nitrogen and oxygen atoms in total. The van der Waals surface area contributed by atoms with Gasteiger partial charge in [-0.15, -0.1) is 11.6 Å². The molecule has 0 bridgehead atoms. The van der Waals surface area contributed by atoms with Gasteiger partial charge in [0.25, 0.3) is 0 Å². The van der Waals surface area contributed by atoms with Crippen molar-refractivity contribution in [2.45, 2.75) is 77.2 Å². The van der Waals surface area contributed by atoms with Crippen molar-refractivity contribution in [3.8, 4) is 0 Å². The second kappa shape index (κ2) is 8.37. The lowest BCUT2D eigenvalue weighted by Crippen LogP contribution is -2.50. The maximum Gasteiger partial charge on any atom is 0.0406 e. The van der Waals surface area contributed by atoms with Gasteiger partial charge in [0, 0.05) is 11.4 Å². The van der Waals surface area contributed by atoms with Gasteiger partial charge in [-0.2, -0.15) is 0 Å². The average Bonchev–Trinajstić information content (AvgIpc) is 2.40. The van der Waals surface area contributed by atoms with Gasteiger partial charge in [-0.05, 0) is 31.7 Å². The normalized spacial score (nSPS) is 21.4. The number of hydrogen-bond donors (Lipinski definition) is 1. The van der Waals surface area contributed by atoms with Crippen LogP contribution in [0.25, 0.3) is 0 Å². The minimum absolute atomic E-state index is 0.263. The molecule has 0 saturated heterocycles. The molecule has 17 heavy (non-hydrogen) atoms. The summed E-state index contributed by atoms with van der Waals surface area (Å²) in [6, 6.07) is 0. The summed E-state index contributed by atoms with van der Waals surface area (Å²) in [5.74, 6) is 1.63. The zero-order valence-electron chi connectivity index (χ0n) is 11.7. The minimum Gasteiger partial charge on any atom is -0.310 e. The zero-order chi connectivity index (χ0) is 12.6. The number of nitrogens with one attached hydrogen (secondary N) is 1. The molecular formula is C15H30ClN. The molecule has 0 aromatic heterocycles. The maximum atomic E-state index is 6.21. The first-order valence-corrected chi connectivity index (χ1v) is 8.10. The molecule has 1 atom stereocenters. The minimum atomic E-state index is 0.263. The van der Waals surface area contributed by atoms with Crippen LogP contribution in [0.5, 0.6) is 0 Å². The number of hydrogen-bond acceptors (Lipinski definition) is 1. The van der Waals surface area contributed by atoms with Crippen molar-refractivity contribution >= 4 is 11.6 Å². The van der Waals surface area contributed by atoms with Crippen LogP contribution in [-0.4, -0.2) is 18.0 Å². The third-order valence-corrected chi connectivity index (χ3v) is 4.89. The molecule has 1 fully saturated rings. The molecule has 1 N–H and O–H groups in total. The maximum absolute atomic E-state index is 6.21. The Bertz CT molecular complexity index is 187. The van der Waals surface area contributed by atoms with Crippen molar-refractivity contribution in [1.29, 1.82) is 0 Å². The highest BCUT2D eigenvalue weighted by molar-refractivity contribution is 6.18. The van der Waals surface area contributed by atoms with E-state index in [4.69, 9.17) is 11.6 Å². The lowest BCUT2D eigenvalue weighted by Gasteiger charge is -2.38. The Morgan fingerprint density at radius 3 is 2.41 bits per heavy atom. The lowest BCUT2D eigenvalue weighted by molar-refractivity contribution is 0.238. The standard InChI is InChI=1S/C15H30ClN/c1-3-5-9-14(4-2)12-17-15(13-16)10-7-6-8-11-15/h14,17H,3-13H2,1-2H3. The first-order valence-electron chi connectivity index (χ1n) is 7.57. The summed E-state index contributed by atoms with van der Waals surface area (Å²) < 4.78 is 0. The fourth-order valence-electron chi connectivity index (χ4n) is 2.89. The van der Waals surface area contributed by atoms with Gasteiger partial charge >= 0.3 is 0 Å². The van der Waals surface area contributed by atoms with Gasteiger partial charge in [0.05, 0.1) is 0 Å². The molecule has 0 aliphatic heterocycles. The smallest absolute Gasteiger partial charge is 0.0406 e. The fraction of sp³-hybridized carbons (Fsp3) is 1.00. The van der Waals surface area contributed by atoms with Crippen LogP contribution < -0.4 is 5.32 Å². The van der Waals surface area contributed by atoms with E-state index in [9.17, 15) is 0 Å². The number of rotatable bonds is 8. The molecule has 0 amide bonds. The molecule has 1 rings (SSSR count). The van der Waals surface area contributed by atoms with E-state index in [0.717, 1.165) is 11.8 Å². The van der Waals surface area contributed by atoms with E-state index < -0.39 is 0 Å². The van der Waals surface area contributed by atoms with E-state index >= 15 is 0 Å². The van der Waals surface area contributed by atoms with Crippen LogP contribution in [0.2, 0.25) is 0 Å². The van der Waals surface area contributed by atoms with Crippen molar-refractivity contribution in [3.63, 3.8) is 0 Å². The van der Waals surface area contributed by atoms with Crippen molar-refractivity contribution < 1.29 is 0 Å². The number of halogens is 1. The molecule has 102 valence electrons. The van der Waals surface area contributed by atoms with Gasteiger partial charge in [0.2, 0.25) is 0 Å². The third-order valence-electron chi connectivity index (χ3n) is 4.38. The van der Waals surface area contributed by atoms with Crippen LogP contribution in [-0.2, 0) is 0 Å². The van der Waals surface area contributed by atoms with Gasteiger partial charge in [-0.3, -0.25) is 0 Å². The quantitative estimate of drug-likeness (QED) is 0.621. The third kappa shape index (κ3) is 5.18. The molecule has 1 aliphatic carbocycles. The van der Waals surface area contributed by atoms with Crippen LogP contribution in [0.4, 0.5) is 0 Å². The summed E-state index contributed by atoms with van der Waals surface area (Å²) in [6.45, 7) is 5.76. The highest BCUT2D eigenvalue weighted by Gasteiger charge is 2.30. The number of alkyl halides is 1. The first kappa shape index (κ1) is 15.3. The Morgan fingerprint density at radius 1 is 1.18 bits per heavy atom. The number of unbranched alkanes of at least 4 members (excludes halogenated alkanes) is 1. The van der Waals surface area contributed by atoms with Gasteiger partial charge in [0.1, 0.15) is 0 Å². The molecule has 0 radical (unpaired) electrons. The second-order valence-electron chi connectivity index (χ2n) is 5.77. The largest absolute Gasteiger partial charge is 0.310 e. The topological polar surface area (TPSA) is 12.0 Å². The molecule has 0 aromatic rings. The highest BCUT2D eigenvalue weighted by atomic mass is 35.5. The Morgan fingerprint density at radius 2 is 1.88 bits per heavy atom. The van der Waals surface area contributed by atoms with Crippen LogP contribution in [0.3, 0.4) is 0 Å².